The average molecular weight is 283 g/mol. The van der Waals surface area contributed by atoms with Crippen LogP contribution in [0.3, 0.4) is 0 Å². The van der Waals surface area contributed by atoms with E-state index in [-0.39, 0.29) is 23.6 Å². The van der Waals surface area contributed by atoms with Gasteiger partial charge in [0.2, 0.25) is 5.88 Å². The van der Waals surface area contributed by atoms with Crippen LogP contribution < -0.4 is 10.2 Å². The minimum Gasteiger partial charge on any atom is -0.472 e. The molecular formula is C11H10FN3O3S. The van der Waals surface area contributed by atoms with Gasteiger partial charge < -0.3 is 4.74 Å². The molecule has 0 radical (unpaired) electrons. The number of ether oxygens (including phenoxy) is 1. The van der Waals surface area contributed by atoms with E-state index < -0.39 is 11.7 Å². The number of carbonyl (C=O) groups is 1. The second kappa shape index (κ2) is 5.72. The summed E-state index contributed by atoms with van der Waals surface area (Å²) in [6.07, 6.45) is 1.54. The summed E-state index contributed by atoms with van der Waals surface area (Å²) in [5.41, 5.74) is 1.48. The van der Waals surface area contributed by atoms with Crippen molar-refractivity contribution in [3.05, 3.63) is 47.4 Å². The predicted octanol–water partition coefficient (Wildman–Crippen LogP) is 1.41. The molecule has 100 valence electrons. The third kappa shape index (κ3) is 3.04. The van der Waals surface area contributed by atoms with E-state index in [0.29, 0.717) is 0 Å². The molecule has 19 heavy (non-hydrogen) atoms. The Morgan fingerprint density at radius 3 is 2.95 bits per heavy atom. The summed E-state index contributed by atoms with van der Waals surface area (Å²) in [6, 6.07) is 5.49. The monoisotopic (exact) mass is 283 g/mol. The van der Waals surface area contributed by atoms with Gasteiger partial charge in [0.1, 0.15) is 12.4 Å². The van der Waals surface area contributed by atoms with Crippen LogP contribution in [0.15, 0.2) is 30.5 Å². The SMILES string of the molecule is O=C(NO)c1cccc(F)c1COc1ccn(S)n1. The molecule has 0 saturated heterocycles. The Hall–Kier alpha value is -2.06. The number of hydroxylamine groups is 1. The van der Waals surface area contributed by atoms with Gasteiger partial charge >= 0.3 is 0 Å². The van der Waals surface area contributed by atoms with Crippen molar-refractivity contribution in [3.63, 3.8) is 0 Å². The molecule has 0 fully saturated rings. The van der Waals surface area contributed by atoms with Crippen molar-refractivity contribution in [1.82, 2.24) is 14.7 Å². The van der Waals surface area contributed by atoms with Crippen molar-refractivity contribution >= 4 is 18.7 Å². The van der Waals surface area contributed by atoms with Crippen molar-refractivity contribution in [3.8, 4) is 5.88 Å². The highest BCUT2D eigenvalue weighted by molar-refractivity contribution is 7.78. The molecule has 0 unspecified atom stereocenters. The quantitative estimate of drug-likeness (QED) is 0.450. The summed E-state index contributed by atoms with van der Waals surface area (Å²) in [4.78, 5) is 11.4. The Morgan fingerprint density at radius 1 is 1.53 bits per heavy atom. The van der Waals surface area contributed by atoms with Crippen LogP contribution in [0.1, 0.15) is 15.9 Å². The van der Waals surface area contributed by atoms with Gasteiger partial charge in [-0.15, -0.1) is 5.10 Å². The number of nitrogens with zero attached hydrogens (tertiary/aromatic N) is 2. The molecule has 1 aromatic carbocycles. The zero-order chi connectivity index (χ0) is 13.8. The predicted molar refractivity (Wildman–Crippen MR) is 66.6 cm³/mol. The van der Waals surface area contributed by atoms with Gasteiger partial charge in [0.15, 0.2) is 0 Å². The van der Waals surface area contributed by atoms with Crippen molar-refractivity contribution in [2.24, 2.45) is 0 Å². The molecule has 0 atom stereocenters. The molecule has 8 heteroatoms. The van der Waals surface area contributed by atoms with Crippen molar-refractivity contribution in [1.29, 1.82) is 0 Å². The fourth-order valence-corrected chi connectivity index (χ4v) is 1.65. The first-order valence-corrected chi connectivity index (χ1v) is 5.61. The summed E-state index contributed by atoms with van der Waals surface area (Å²) >= 11 is 3.93. The Bertz CT molecular complexity index is 603. The molecule has 2 rings (SSSR count). The molecule has 0 aliphatic heterocycles. The van der Waals surface area contributed by atoms with Crippen LogP contribution in [0.5, 0.6) is 5.88 Å². The highest BCUT2D eigenvalue weighted by Crippen LogP contribution is 2.17. The van der Waals surface area contributed by atoms with Gasteiger partial charge in [0, 0.05) is 17.8 Å². The topological polar surface area (TPSA) is 76.4 Å². The van der Waals surface area contributed by atoms with Crippen LogP contribution in [0.4, 0.5) is 4.39 Å². The van der Waals surface area contributed by atoms with Gasteiger partial charge in [-0.1, -0.05) is 6.07 Å². The van der Waals surface area contributed by atoms with Gasteiger partial charge in [0.25, 0.3) is 5.91 Å². The van der Waals surface area contributed by atoms with Gasteiger partial charge in [-0.3, -0.25) is 10.0 Å². The lowest BCUT2D eigenvalue weighted by atomic mass is 10.1. The molecule has 2 aromatic rings. The third-order valence-electron chi connectivity index (χ3n) is 2.38. The Kier molecular flexibility index (Phi) is 4.03. The van der Waals surface area contributed by atoms with Gasteiger partial charge in [0.05, 0.1) is 5.56 Å². The fraction of sp³-hybridized carbons (Fsp3) is 0.0909. The van der Waals surface area contributed by atoms with E-state index in [1.165, 1.54) is 27.8 Å². The second-order valence-electron chi connectivity index (χ2n) is 3.57. The average Bonchev–Trinajstić information content (AvgIpc) is 2.82. The maximum atomic E-state index is 13.7. The second-order valence-corrected chi connectivity index (χ2v) is 3.98. The normalized spacial score (nSPS) is 10.3. The van der Waals surface area contributed by atoms with Crippen LogP contribution in [-0.4, -0.2) is 20.3 Å². The highest BCUT2D eigenvalue weighted by Gasteiger charge is 2.15. The minimum absolute atomic E-state index is 0.00666. The first kappa shape index (κ1) is 13.4. The van der Waals surface area contributed by atoms with E-state index in [4.69, 9.17) is 9.94 Å². The van der Waals surface area contributed by atoms with Crippen molar-refractivity contribution < 1.29 is 19.1 Å². The Balaban J connectivity index is 2.21. The first-order chi connectivity index (χ1) is 9.11. The van der Waals surface area contributed by atoms with Crippen LogP contribution in [-0.2, 0) is 6.61 Å². The highest BCUT2D eigenvalue weighted by atomic mass is 32.1. The molecule has 1 amide bonds. The Morgan fingerprint density at radius 2 is 2.32 bits per heavy atom. The van der Waals surface area contributed by atoms with Crippen LogP contribution in [0.25, 0.3) is 0 Å². The zero-order valence-electron chi connectivity index (χ0n) is 9.58. The lowest BCUT2D eigenvalue weighted by Gasteiger charge is -2.09. The maximum Gasteiger partial charge on any atom is 0.275 e. The summed E-state index contributed by atoms with van der Waals surface area (Å²) < 4.78 is 20.2. The van der Waals surface area contributed by atoms with Crippen molar-refractivity contribution in [2.45, 2.75) is 6.61 Å². The zero-order valence-corrected chi connectivity index (χ0v) is 10.5. The number of nitrogens with one attached hydrogen (secondary N) is 1. The van der Waals surface area contributed by atoms with Gasteiger partial charge in [-0.2, -0.15) is 0 Å². The van der Waals surface area contributed by atoms with E-state index in [1.54, 1.807) is 12.3 Å². The van der Waals surface area contributed by atoms with E-state index in [9.17, 15) is 9.18 Å². The molecule has 0 bridgehead atoms. The van der Waals surface area contributed by atoms with E-state index in [0.717, 1.165) is 0 Å². The summed E-state index contributed by atoms with van der Waals surface area (Å²) in [7, 11) is 0. The number of halogens is 1. The standard InChI is InChI=1S/C11H10FN3O3S/c12-9-3-1-2-7(11(16)14-17)8(9)6-18-10-4-5-15(19)13-10/h1-5,17,19H,6H2,(H,14,16). The van der Waals surface area contributed by atoms with Gasteiger partial charge in [-0.05, 0) is 24.9 Å². The number of amides is 1. The van der Waals surface area contributed by atoms with Crippen molar-refractivity contribution in [2.75, 3.05) is 0 Å². The molecule has 2 N–H and O–H groups in total. The smallest absolute Gasteiger partial charge is 0.275 e. The largest absolute Gasteiger partial charge is 0.472 e. The number of rotatable bonds is 4. The molecular weight excluding hydrogens is 273 g/mol. The number of benzene rings is 1. The minimum atomic E-state index is -0.808. The Labute approximate surface area is 113 Å². The third-order valence-corrected chi connectivity index (χ3v) is 2.60. The molecule has 0 aliphatic rings. The van der Waals surface area contributed by atoms with Gasteiger partial charge in [-0.25, -0.2) is 14.0 Å². The van der Waals surface area contributed by atoms with E-state index in [2.05, 4.69) is 17.9 Å². The lowest BCUT2D eigenvalue weighted by molar-refractivity contribution is 0.0703. The summed E-state index contributed by atoms with van der Waals surface area (Å²) in [5.74, 6) is -1.17. The number of aromatic nitrogens is 2. The number of hydrogen-bond donors (Lipinski definition) is 3. The van der Waals surface area contributed by atoms with E-state index >= 15 is 0 Å². The lowest BCUT2D eigenvalue weighted by Crippen LogP contribution is -2.21. The molecule has 0 aliphatic carbocycles. The molecule has 1 heterocycles. The molecule has 0 saturated carbocycles. The van der Waals surface area contributed by atoms with E-state index in [1.807, 2.05) is 0 Å². The van der Waals surface area contributed by atoms with Crippen LogP contribution in [0, 0.1) is 5.82 Å². The number of carbonyl (C=O) groups excluding carboxylic acids is 1. The maximum absolute atomic E-state index is 13.7. The van der Waals surface area contributed by atoms with Crippen LogP contribution >= 0.6 is 12.8 Å². The molecule has 1 aromatic heterocycles. The molecule has 0 spiro atoms. The number of hydrogen-bond acceptors (Lipinski definition) is 5. The van der Waals surface area contributed by atoms with Crippen LogP contribution in [0.2, 0.25) is 0 Å². The molecule has 6 nitrogen and oxygen atoms in total. The summed E-state index contributed by atoms with van der Waals surface area (Å²) in [5, 5.41) is 12.4. The number of thiol groups is 1. The summed E-state index contributed by atoms with van der Waals surface area (Å²) in [6.45, 7) is -0.194. The fourth-order valence-electron chi connectivity index (χ4n) is 1.50. The first-order valence-electron chi connectivity index (χ1n) is 5.21.